The lowest BCUT2D eigenvalue weighted by atomic mass is 9.77. The van der Waals surface area contributed by atoms with Crippen molar-refractivity contribution in [3.05, 3.63) is 99.6 Å². The van der Waals surface area contributed by atoms with Crippen molar-refractivity contribution in [3.8, 4) is 0 Å². The van der Waals surface area contributed by atoms with Crippen molar-refractivity contribution in [2.45, 2.75) is 25.3 Å². The van der Waals surface area contributed by atoms with Crippen LogP contribution in [0, 0.1) is 16.0 Å². The minimum Gasteiger partial charge on any atom is -0.378 e. The zero-order chi connectivity index (χ0) is 27.5. The Morgan fingerprint density at radius 3 is 2.13 bits per heavy atom. The Morgan fingerprint density at radius 2 is 1.54 bits per heavy atom. The van der Waals surface area contributed by atoms with E-state index < -0.39 is 4.92 Å². The van der Waals surface area contributed by atoms with E-state index in [1.807, 2.05) is 28.2 Å². The smallest absolute Gasteiger partial charge is 0.269 e. The fourth-order valence-electron chi connectivity index (χ4n) is 5.16. The largest absolute Gasteiger partial charge is 0.378 e. The van der Waals surface area contributed by atoms with Gasteiger partial charge >= 0.3 is 0 Å². The van der Waals surface area contributed by atoms with Crippen LogP contribution in [0.1, 0.15) is 36.4 Å². The van der Waals surface area contributed by atoms with Crippen LogP contribution in [0.15, 0.2) is 93.8 Å². The lowest BCUT2D eigenvalue weighted by Crippen LogP contribution is -2.26. The van der Waals surface area contributed by atoms with Crippen molar-refractivity contribution in [2.75, 3.05) is 38.0 Å². The van der Waals surface area contributed by atoms with Crippen LogP contribution < -0.4 is 9.80 Å². The molecule has 9 heteroatoms. The lowest BCUT2D eigenvalue weighted by molar-refractivity contribution is -0.384. The Labute approximate surface area is 228 Å². The molecule has 0 aromatic heterocycles. The molecule has 200 valence electrons. The summed E-state index contributed by atoms with van der Waals surface area (Å²) >= 11 is 0. The normalized spacial score (nSPS) is 19.7. The van der Waals surface area contributed by atoms with Gasteiger partial charge in [0.15, 0.2) is 0 Å². The topological polar surface area (TPSA) is 89.9 Å². The van der Waals surface area contributed by atoms with Crippen LogP contribution >= 0.6 is 0 Å². The average molecular weight is 524 g/mol. The first-order chi connectivity index (χ1) is 18.8. The summed E-state index contributed by atoms with van der Waals surface area (Å²) in [6, 6.07) is 23.0. The highest BCUT2D eigenvalue weighted by molar-refractivity contribution is 6.07. The summed E-state index contributed by atoms with van der Waals surface area (Å²) in [5.74, 6) is 0.187. The molecular formula is C30H33N7O2. The molecule has 3 aromatic carbocycles. The number of rotatable bonds is 7. The van der Waals surface area contributed by atoms with Crippen LogP contribution in [0.4, 0.5) is 22.7 Å². The Hall–Kier alpha value is -4.53. The Kier molecular flexibility index (Phi) is 7.40. The Bertz CT molecular complexity index is 1410. The van der Waals surface area contributed by atoms with E-state index in [2.05, 4.69) is 74.7 Å². The molecule has 2 atom stereocenters. The molecule has 0 N–H and O–H groups in total. The second-order valence-electron chi connectivity index (χ2n) is 10.4. The summed E-state index contributed by atoms with van der Waals surface area (Å²) in [7, 11) is 8.13. The first-order valence-electron chi connectivity index (χ1n) is 13.1. The number of hydrazone groups is 1. The molecule has 3 aromatic rings. The SMILES string of the molecule is CN(C)c1ccc(/C=C2\CCC[C@H]3C2=NN(N=Nc2ccc([N+](=O)[O-])cc2)[C@@H]3c2ccc(N(C)C)cc2)cc1. The van der Waals surface area contributed by atoms with Crippen LogP contribution in [-0.2, 0) is 0 Å². The van der Waals surface area contributed by atoms with E-state index in [9.17, 15) is 10.1 Å². The van der Waals surface area contributed by atoms with Gasteiger partial charge in [-0.3, -0.25) is 10.1 Å². The van der Waals surface area contributed by atoms with E-state index in [0.29, 0.717) is 5.69 Å². The molecule has 1 fully saturated rings. The molecule has 9 nitrogen and oxygen atoms in total. The number of hydrogen-bond donors (Lipinski definition) is 0. The third-order valence-electron chi connectivity index (χ3n) is 7.30. The van der Waals surface area contributed by atoms with Gasteiger partial charge in [0.25, 0.3) is 5.69 Å². The fourth-order valence-corrected chi connectivity index (χ4v) is 5.16. The molecule has 1 aliphatic carbocycles. The summed E-state index contributed by atoms with van der Waals surface area (Å²) in [5.41, 5.74) is 7.41. The number of anilines is 2. The monoisotopic (exact) mass is 523 g/mol. The van der Waals surface area contributed by atoms with Crippen LogP contribution in [0.25, 0.3) is 6.08 Å². The minimum atomic E-state index is -0.423. The van der Waals surface area contributed by atoms with E-state index in [1.54, 1.807) is 17.3 Å². The lowest BCUT2D eigenvalue weighted by Gasteiger charge is -2.28. The molecular weight excluding hydrogens is 490 g/mol. The molecule has 1 heterocycles. The van der Waals surface area contributed by atoms with Gasteiger partial charge in [-0.05, 0) is 83.7 Å². The molecule has 0 radical (unpaired) electrons. The number of nitro benzene ring substituents is 1. The van der Waals surface area contributed by atoms with Crippen molar-refractivity contribution in [1.29, 1.82) is 0 Å². The predicted octanol–water partition coefficient (Wildman–Crippen LogP) is 7.02. The van der Waals surface area contributed by atoms with Gasteiger partial charge in [0, 0.05) is 57.6 Å². The predicted molar refractivity (Wildman–Crippen MR) is 156 cm³/mol. The van der Waals surface area contributed by atoms with E-state index in [1.165, 1.54) is 17.7 Å². The summed E-state index contributed by atoms with van der Waals surface area (Å²) in [6.07, 6.45) is 5.29. The zero-order valence-corrected chi connectivity index (χ0v) is 22.7. The molecule has 0 saturated heterocycles. The molecule has 39 heavy (non-hydrogen) atoms. The average Bonchev–Trinajstić information content (AvgIpc) is 3.32. The molecule has 0 amide bonds. The number of non-ortho nitro benzene ring substituents is 1. The van der Waals surface area contributed by atoms with Gasteiger partial charge in [-0.25, -0.2) is 0 Å². The van der Waals surface area contributed by atoms with Crippen molar-refractivity contribution in [1.82, 2.24) is 5.12 Å². The van der Waals surface area contributed by atoms with E-state index >= 15 is 0 Å². The highest BCUT2D eigenvalue weighted by Crippen LogP contribution is 2.45. The van der Waals surface area contributed by atoms with Crippen LogP contribution in [0.2, 0.25) is 0 Å². The third kappa shape index (κ3) is 5.67. The summed E-state index contributed by atoms with van der Waals surface area (Å²) in [6.45, 7) is 0. The molecule has 0 unspecified atom stereocenters. The summed E-state index contributed by atoms with van der Waals surface area (Å²) < 4.78 is 0. The number of nitrogens with zero attached hydrogens (tertiary/aromatic N) is 7. The molecule has 1 aliphatic heterocycles. The molecule has 0 bridgehead atoms. The second-order valence-corrected chi connectivity index (χ2v) is 10.4. The quantitative estimate of drug-likeness (QED) is 0.189. The first kappa shape index (κ1) is 26.1. The minimum absolute atomic E-state index is 0.0219. The van der Waals surface area contributed by atoms with Gasteiger partial charge in [-0.2, -0.15) is 10.2 Å². The molecule has 5 rings (SSSR count). The number of benzene rings is 3. The van der Waals surface area contributed by atoms with Crippen LogP contribution in [0.5, 0.6) is 0 Å². The van der Waals surface area contributed by atoms with E-state index in [4.69, 9.17) is 5.10 Å². The summed E-state index contributed by atoms with van der Waals surface area (Å²) in [5, 5.41) is 26.7. The van der Waals surface area contributed by atoms with Crippen molar-refractivity contribution in [2.24, 2.45) is 21.4 Å². The number of hydrogen-bond acceptors (Lipinski definition) is 7. The van der Waals surface area contributed by atoms with Gasteiger partial charge in [0.1, 0.15) is 6.04 Å². The fraction of sp³-hybridized carbons (Fsp3) is 0.300. The standard InChI is InChI=1S/C30H33N7O2/c1-34(2)25-14-8-21(9-15-25)20-23-6-5-7-28-29(23)32-36(30(28)22-10-16-26(17-11-22)35(3)4)33-31-24-12-18-27(19-13-24)37(38)39/h8-20,28,30H,5-7H2,1-4H3/b23-20+,33-31?/t28-,30+/m0/s1. The van der Waals surface area contributed by atoms with E-state index in [-0.39, 0.29) is 17.6 Å². The van der Waals surface area contributed by atoms with Gasteiger partial charge in [-0.15, -0.1) is 5.11 Å². The second kappa shape index (κ2) is 11.1. The number of allylic oxidation sites excluding steroid dienone is 1. The Balaban J connectivity index is 1.49. The highest BCUT2D eigenvalue weighted by Gasteiger charge is 2.42. The molecule has 2 aliphatic rings. The molecule has 1 saturated carbocycles. The third-order valence-corrected chi connectivity index (χ3v) is 7.30. The van der Waals surface area contributed by atoms with Crippen LogP contribution in [-0.4, -0.2) is 43.9 Å². The number of fused-ring (bicyclic) bond motifs is 1. The van der Waals surface area contributed by atoms with Crippen molar-refractivity contribution < 1.29 is 4.92 Å². The van der Waals surface area contributed by atoms with Gasteiger partial charge in [0.2, 0.25) is 0 Å². The van der Waals surface area contributed by atoms with Gasteiger partial charge < -0.3 is 9.80 Å². The molecule has 0 spiro atoms. The summed E-state index contributed by atoms with van der Waals surface area (Å²) in [4.78, 5) is 14.8. The highest BCUT2D eigenvalue weighted by atomic mass is 16.6. The first-order valence-corrected chi connectivity index (χ1v) is 13.1. The Morgan fingerprint density at radius 1 is 0.923 bits per heavy atom. The maximum Gasteiger partial charge on any atom is 0.269 e. The van der Waals surface area contributed by atoms with Gasteiger partial charge in [0.05, 0.1) is 16.3 Å². The zero-order valence-electron chi connectivity index (χ0n) is 22.7. The number of nitro groups is 1. The maximum absolute atomic E-state index is 11.0. The van der Waals surface area contributed by atoms with Crippen molar-refractivity contribution >= 4 is 34.5 Å². The van der Waals surface area contributed by atoms with Gasteiger partial charge in [-0.1, -0.05) is 24.3 Å². The van der Waals surface area contributed by atoms with Crippen molar-refractivity contribution in [3.63, 3.8) is 0 Å². The maximum atomic E-state index is 11.0. The van der Waals surface area contributed by atoms with Crippen LogP contribution in [0.3, 0.4) is 0 Å². The van der Waals surface area contributed by atoms with E-state index in [0.717, 1.165) is 47.5 Å².